The number of halogens is 1. The van der Waals surface area contributed by atoms with Crippen LogP contribution in [-0.2, 0) is 16.4 Å². The van der Waals surface area contributed by atoms with Crippen LogP contribution >= 0.6 is 0 Å². The summed E-state index contributed by atoms with van der Waals surface area (Å²) in [5.74, 6) is 0.526. The number of rotatable bonds is 5. The maximum absolute atomic E-state index is 12.8. The third kappa shape index (κ3) is 4.03. The molecule has 0 bridgehead atoms. The molecule has 5 heteroatoms. The van der Waals surface area contributed by atoms with Gasteiger partial charge in [-0.2, -0.15) is 0 Å². The third-order valence-electron chi connectivity index (χ3n) is 3.87. The second-order valence-corrected chi connectivity index (χ2v) is 7.58. The monoisotopic (exact) mass is 299 g/mol. The zero-order valence-electron chi connectivity index (χ0n) is 11.9. The Balaban J connectivity index is 1.87. The molecule has 1 saturated heterocycles. The van der Waals surface area contributed by atoms with Gasteiger partial charge in [0.25, 0.3) is 0 Å². The van der Waals surface area contributed by atoms with Crippen molar-refractivity contribution >= 4 is 10.0 Å². The number of benzene rings is 1. The summed E-state index contributed by atoms with van der Waals surface area (Å²) in [5.41, 5.74) is 1.13. The highest BCUT2D eigenvalue weighted by molar-refractivity contribution is 7.89. The van der Waals surface area contributed by atoms with E-state index >= 15 is 0 Å². The number of sulfonamides is 1. The molecule has 3 nitrogen and oxygen atoms in total. The van der Waals surface area contributed by atoms with Gasteiger partial charge < -0.3 is 0 Å². The van der Waals surface area contributed by atoms with Crippen molar-refractivity contribution in [3.63, 3.8) is 0 Å². The van der Waals surface area contributed by atoms with Crippen molar-refractivity contribution in [1.29, 1.82) is 0 Å². The van der Waals surface area contributed by atoms with Gasteiger partial charge in [0.2, 0.25) is 10.0 Å². The molecule has 0 radical (unpaired) electrons. The molecule has 0 spiro atoms. The smallest absolute Gasteiger partial charge is 0.212 e. The van der Waals surface area contributed by atoms with Crippen molar-refractivity contribution in [2.24, 2.45) is 5.92 Å². The Hall–Kier alpha value is -0.940. The van der Waals surface area contributed by atoms with Gasteiger partial charge in [-0.25, -0.2) is 17.1 Å². The van der Waals surface area contributed by atoms with E-state index in [9.17, 15) is 12.8 Å². The van der Waals surface area contributed by atoms with Gasteiger partial charge in [-0.15, -0.1) is 0 Å². The van der Waals surface area contributed by atoms with Crippen LogP contribution in [0.4, 0.5) is 4.39 Å². The SMILES string of the molecule is CCCS(=O)(=O)N1CCC(Cc2ccc(F)cc2)CC1. The summed E-state index contributed by atoms with van der Waals surface area (Å²) in [5, 5.41) is 0. The number of nitrogens with zero attached hydrogens (tertiary/aromatic N) is 1. The van der Waals surface area contributed by atoms with Crippen LogP contribution in [0.1, 0.15) is 31.7 Å². The lowest BCUT2D eigenvalue weighted by Gasteiger charge is -2.31. The molecule has 1 aromatic carbocycles. The van der Waals surface area contributed by atoms with Gasteiger partial charge in [0.1, 0.15) is 5.82 Å². The Bertz CT molecular complexity index is 519. The van der Waals surface area contributed by atoms with Crippen LogP contribution in [0, 0.1) is 11.7 Å². The lowest BCUT2D eigenvalue weighted by Crippen LogP contribution is -2.40. The predicted molar refractivity (Wildman–Crippen MR) is 78.5 cm³/mol. The van der Waals surface area contributed by atoms with E-state index in [-0.39, 0.29) is 11.6 Å². The normalized spacial score (nSPS) is 18.3. The first-order valence-corrected chi connectivity index (χ1v) is 8.84. The van der Waals surface area contributed by atoms with Gasteiger partial charge in [-0.3, -0.25) is 0 Å². The maximum atomic E-state index is 12.8. The summed E-state index contributed by atoms with van der Waals surface area (Å²) in [6, 6.07) is 6.59. The second kappa shape index (κ2) is 6.68. The number of hydrogen-bond donors (Lipinski definition) is 0. The minimum atomic E-state index is -3.05. The largest absolute Gasteiger partial charge is 0.214 e. The molecule has 1 aliphatic rings. The van der Waals surface area contributed by atoms with Crippen molar-refractivity contribution in [2.45, 2.75) is 32.6 Å². The van der Waals surface area contributed by atoms with E-state index in [1.807, 2.05) is 19.1 Å². The molecule has 1 heterocycles. The molecule has 112 valence electrons. The van der Waals surface area contributed by atoms with Gasteiger partial charge in [0, 0.05) is 13.1 Å². The van der Waals surface area contributed by atoms with Crippen molar-refractivity contribution in [3.8, 4) is 0 Å². The van der Waals surface area contributed by atoms with Crippen LogP contribution in [0.5, 0.6) is 0 Å². The van der Waals surface area contributed by atoms with E-state index in [1.165, 1.54) is 12.1 Å². The van der Waals surface area contributed by atoms with Crippen molar-refractivity contribution in [1.82, 2.24) is 4.31 Å². The summed E-state index contributed by atoms with van der Waals surface area (Å²) in [4.78, 5) is 0. The highest BCUT2D eigenvalue weighted by Crippen LogP contribution is 2.23. The third-order valence-corrected chi connectivity index (χ3v) is 5.94. The number of piperidine rings is 1. The lowest BCUT2D eigenvalue weighted by atomic mass is 9.91. The zero-order valence-corrected chi connectivity index (χ0v) is 12.7. The highest BCUT2D eigenvalue weighted by atomic mass is 32.2. The van der Waals surface area contributed by atoms with Crippen molar-refractivity contribution < 1.29 is 12.8 Å². The van der Waals surface area contributed by atoms with Gasteiger partial charge >= 0.3 is 0 Å². The molecule has 0 aliphatic carbocycles. The molecule has 0 unspecified atom stereocenters. The molecule has 0 saturated carbocycles. The van der Waals surface area contributed by atoms with Crippen LogP contribution in [0.15, 0.2) is 24.3 Å². The van der Waals surface area contributed by atoms with Crippen LogP contribution in [0.25, 0.3) is 0 Å². The molecule has 0 amide bonds. The van der Waals surface area contributed by atoms with E-state index in [4.69, 9.17) is 0 Å². The van der Waals surface area contributed by atoms with Gasteiger partial charge in [-0.05, 0) is 49.3 Å². The van der Waals surface area contributed by atoms with E-state index in [0.29, 0.717) is 25.4 Å². The summed E-state index contributed by atoms with van der Waals surface area (Å²) in [7, 11) is -3.05. The fraction of sp³-hybridized carbons (Fsp3) is 0.600. The highest BCUT2D eigenvalue weighted by Gasteiger charge is 2.27. The molecule has 0 atom stereocenters. The first kappa shape index (κ1) is 15.4. The van der Waals surface area contributed by atoms with E-state index < -0.39 is 10.0 Å². The quantitative estimate of drug-likeness (QED) is 0.838. The molecule has 0 N–H and O–H groups in total. The standard InChI is InChI=1S/C15H22FNO2S/c1-2-11-20(18,19)17-9-7-14(8-10-17)12-13-3-5-15(16)6-4-13/h3-6,14H,2,7-12H2,1H3. The van der Waals surface area contributed by atoms with E-state index in [2.05, 4.69) is 0 Å². The Morgan fingerprint density at radius 1 is 1.20 bits per heavy atom. The molecular weight excluding hydrogens is 277 g/mol. The average molecular weight is 299 g/mol. The first-order valence-electron chi connectivity index (χ1n) is 7.23. The molecular formula is C15H22FNO2S. The first-order chi connectivity index (χ1) is 9.51. The van der Waals surface area contributed by atoms with Crippen LogP contribution in [-0.4, -0.2) is 31.6 Å². The van der Waals surface area contributed by atoms with Crippen molar-refractivity contribution in [3.05, 3.63) is 35.6 Å². The van der Waals surface area contributed by atoms with E-state index in [1.54, 1.807) is 4.31 Å². The molecule has 1 fully saturated rings. The zero-order chi connectivity index (χ0) is 14.6. The average Bonchev–Trinajstić information content (AvgIpc) is 2.42. The molecule has 20 heavy (non-hydrogen) atoms. The summed E-state index contributed by atoms with van der Waals surface area (Å²) < 4.78 is 38.4. The molecule has 2 rings (SSSR count). The Morgan fingerprint density at radius 3 is 2.35 bits per heavy atom. The predicted octanol–water partition coefficient (Wildman–Crippen LogP) is 2.82. The number of hydrogen-bond acceptors (Lipinski definition) is 2. The van der Waals surface area contributed by atoms with Crippen molar-refractivity contribution in [2.75, 3.05) is 18.8 Å². The topological polar surface area (TPSA) is 37.4 Å². The minimum absolute atomic E-state index is 0.214. The summed E-state index contributed by atoms with van der Waals surface area (Å²) in [6.07, 6.45) is 3.35. The minimum Gasteiger partial charge on any atom is -0.212 e. The Kier molecular flexibility index (Phi) is 5.16. The van der Waals surface area contributed by atoms with E-state index in [0.717, 1.165) is 24.8 Å². The molecule has 0 aromatic heterocycles. The molecule has 1 aliphatic heterocycles. The van der Waals surface area contributed by atoms with Crippen LogP contribution in [0.3, 0.4) is 0 Å². The van der Waals surface area contributed by atoms with Gasteiger partial charge in [0.15, 0.2) is 0 Å². The Labute approximate surface area is 120 Å². The van der Waals surface area contributed by atoms with Gasteiger partial charge in [0.05, 0.1) is 5.75 Å². The maximum Gasteiger partial charge on any atom is 0.214 e. The van der Waals surface area contributed by atoms with Crippen LogP contribution in [0.2, 0.25) is 0 Å². The molecule has 1 aromatic rings. The fourth-order valence-electron chi connectivity index (χ4n) is 2.73. The summed E-state index contributed by atoms with van der Waals surface area (Å²) in [6.45, 7) is 3.13. The summed E-state index contributed by atoms with van der Waals surface area (Å²) >= 11 is 0. The van der Waals surface area contributed by atoms with Crippen LogP contribution < -0.4 is 0 Å². The lowest BCUT2D eigenvalue weighted by molar-refractivity contribution is 0.273. The van der Waals surface area contributed by atoms with Gasteiger partial charge in [-0.1, -0.05) is 19.1 Å². The second-order valence-electron chi connectivity index (χ2n) is 5.49. The fourth-order valence-corrected chi connectivity index (χ4v) is 4.27. The Morgan fingerprint density at radius 2 is 1.80 bits per heavy atom.